The van der Waals surface area contributed by atoms with Gasteiger partial charge in [-0.25, -0.2) is 4.98 Å². The molecule has 3 aromatic rings. The maximum absolute atomic E-state index is 9.57. The number of piperazine rings is 1. The van der Waals surface area contributed by atoms with Crippen LogP contribution in [0.3, 0.4) is 0 Å². The van der Waals surface area contributed by atoms with E-state index in [2.05, 4.69) is 69.8 Å². The first-order valence-corrected chi connectivity index (χ1v) is 11.3. The number of benzene rings is 2. The molecule has 1 fully saturated rings. The molecule has 1 aliphatic heterocycles. The minimum atomic E-state index is 0.246. The molecule has 1 saturated heterocycles. The molecule has 0 bridgehead atoms. The molecule has 4 nitrogen and oxygen atoms in total. The van der Waals surface area contributed by atoms with Crippen LogP contribution in [0, 0.1) is 0 Å². The lowest BCUT2D eigenvalue weighted by atomic mass is 10.1. The van der Waals surface area contributed by atoms with Crippen molar-refractivity contribution in [2.75, 3.05) is 32.8 Å². The van der Waals surface area contributed by atoms with Crippen molar-refractivity contribution in [2.24, 2.45) is 0 Å². The monoisotopic (exact) mass is 407 g/mol. The number of aromatic nitrogens is 1. The van der Waals surface area contributed by atoms with Gasteiger partial charge in [-0.3, -0.25) is 9.80 Å². The molecule has 2 heterocycles. The van der Waals surface area contributed by atoms with Gasteiger partial charge in [-0.1, -0.05) is 60.7 Å². The van der Waals surface area contributed by atoms with Gasteiger partial charge in [-0.15, -0.1) is 11.3 Å². The minimum Gasteiger partial charge on any atom is -0.396 e. The van der Waals surface area contributed by atoms with Gasteiger partial charge in [-0.05, 0) is 18.4 Å². The first kappa shape index (κ1) is 20.2. The van der Waals surface area contributed by atoms with E-state index in [1.54, 1.807) is 11.3 Å². The van der Waals surface area contributed by atoms with Gasteiger partial charge in [0, 0.05) is 49.8 Å². The third-order valence-electron chi connectivity index (χ3n) is 5.66. The average Bonchev–Trinajstić information content (AvgIpc) is 3.23. The molecule has 0 saturated carbocycles. The summed E-state index contributed by atoms with van der Waals surface area (Å²) < 4.78 is 0. The molecule has 1 aliphatic rings. The van der Waals surface area contributed by atoms with Crippen molar-refractivity contribution in [2.45, 2.75) is 25.4 Å². The Morgan fingerprint density at radius 2 is 1.76 bits per heavy atom. The van der Waals surface area contributed by atoms with Crippen molar-refractivity contribution >= 4 is 11.3 Å². The largest absolute Gasteiger partial charge is 0.396 e. The van der Waals surface area contributed by atoms with Crippen molar-refractivity contribution in [3.63, 3.8) is 0 Å². The highest BCUT2D eigenvalue weighted by Crippen LogP contribution is 2.23. The van der Waals surface area contributed by atoms with E-state index >= 15 is 0 Å². The Kier molecular flexibility index (Phi) is 7.06. The Bertz CT molecular complexity index is 868. The van der Waals surface area contributed by atoms with Crippen molar-refractivity contribution in [3.8, 4) is 11.3 Å². The molecular formula is C24H29N3OS. The predicted molar refractivity (Wildman–Crippen MR) is 120 cm³/mol. The normalized spacial score (nSPS) is 18.2. The van der Waals surface area contributed by atoms with Crippen LogP contribution in [0.4, 0.5) is 0 Å². The number of hydrogen-bond donors (Lipinski definition) is 1. The average molecular weight is 408 g/mol. The van der Waals surface area contributed by atoms with Gasteiger partial charge in [0.2, 0.25) is 0 Å². The Morgan fingerprint density at radius 1 is 1.00 bits per heavy atom. The van der Waals surface area contributed by atoms with Crippen LogP contribution in [0.1, 0.15) is 17.0 Å². The number of hydrogen-bond acceptors (Lipinski definition) is 5. The zero-order valence-corrected chi connectivity index (χ0v) is 17.6. The van der Waals surface area contributed by atoms with Gasteiger partial charge in [0.25, 0.3) is 0 Å². The van der Waals surface area contributed by atoms with Crippen LogP contribution in [-0.4, -0.2) is 58.7 Å². The molecule has 5 heteroatoms. The van der Waals surface area contributed by atoms with Crippen LogP contribution in [0.5, 0.6) is 0 Å². The van der Waals surface area contributed by atoms with Crippen LogP contribution in [-0.2, 0) is 13.0 Å². The third-order valence-corrected chi connectivity index (χ3v) is 6.50. The predicted octanol–water partition coefficient (Wildman–Crippen LogP) is 3.92. The van der Waals surface area contributed by atoms with Gasteiger partial charge >= 0.3 is 0 Å². The smallest absolute Gasteiger partial charge is 0.107 e. The van der Waals surface area contributed by atoms with Crippen molar-refractivity contribution in [1.29, 1.82) is 0 Å². The molecule has 4 rings (SSSR count). The molecule has 1 atom stereocenters. The molecule has 1 N–H and O–H groups in total. The molecule has 152 valence electrons. The molecule has 0 unspecified atom stereocenters. The zero-order chi connectivity index (χ0) is 19.9. The van der Waals surface area contributed by atoms with Crippen LogP contribution in [0.15, 0.2) is 66.0 Å². The first-order valence-electron chi connectivity index (χ1n) is 10.4. The summed E-state index contributed by atoms with van der Waals surface area (Å²) in [4.78, 5) is 9.90. The van der Waals surface area contributed by atoms with Crippen LogP contribution < -0.4 is 0 Å². The second kappa shape index (κ2) is 10.1. The van der Waals surface area contributed by atoms with Crippen LogP contribution in [0.2, 0.25) is 0 Å². The quantitative estimate of drug-likeness (QED) is 0.614. The van der Waals surface area contributed by atoms with E-state index in [1.807, 2.05) is 6.07 Å². The van der Waals surface area contributed by atoms with Crippen LogP contribution >= 0.6 is 11.3 Å². The number of aliphatic hydroxyl groups excluding tert-OH is 1. The number of nitrogens with zero attached hydrogens (tertiary/aromatic N) is 3. The van der Waals surface area contributed by atoms with Crippen LogP contribution in [0.25, 0.3) is 11.3 Å². The molecule has 0 amide bonds. The lowest BCUT2D eigenvalue weighted by Gasteiger charge is -2.41. The maximum Gasteiger partial charge on any atom is 0.107 e. The van der Waals surface area contributed by atoms with Gasteiger partial charge in [0.15, 0.2) is 0 Å². The Labute approximate surface area is 177 Å². The summed E-state index contributed by atoms with van der Waals surface area (Å²) in [5.74, 6) is 0. The maximum atomic E-state index is 9.57. The Balaban J connectivity index is 1.34. The summed E-state index contributed by atoms with van der Waals surface area (Å²) in [6.07, 6.45) is 1.90. The summed E-state index contributed by atoms with van der Waals surface area (Å²) in [5.41, 5.74) is 3.63. The van der Waals surface area contributed by atoms with Gasteiger partial charge in [0.1, 0.15) is 5.01 Å². The van der Waals surface area contributed by atoms with E-state index in [1.165, 1.54) is 16.1 Å². The van der Waals surface area contributed by atoms with E-state index in [0.717, 1.165) is 51.3 Å². The summed E-state index contributed by atoms with van der Waals surface area (Å²) in [7, 11) is 0. The molecule has 1 aromatic heterocycles. The van der Waals surface area contributed by atoms with E-state index in [4.69, 9.17) is 4.98 Å². The summed E-state index contributed by atoms with van der Waals surface area (Å²) >= 11 is 1.75. The third kappa shape index (κ3) is 5.52. The molecule has 29 heavy (non-hydrogen) atoms. The molecule has 0 radical (unpaired) electrons. The summed E-state index contributed by atoms with van der Waals surface area (Å²) in [6.45, 7) is 5.29. The van der Waals surface area contributed by atoms with E-state index in [0.29, 0.717) is 6.04 Å². The van der Waals surface area contributed by atoms with Crippen molar-refractivity contribution in [1.82, 2.24) is 14.8 Å². The summed E-state index contributed by atoms with van der Waals surface area (Å²) in [6, 6.07) is 21.5. The minimum absolute atomic E-state index is 0.246. The zero-order valence-electron chi connectivity index (χ0n) is 16.8. The van der Waals surface area contributed by atoms with Gasteiger partial charge in [0.05, 0.1) is 12.2 Å². The molecule has 2 aromatic carbocycles. The van der Waals surface area contributed by atoms with Crippen molar-refractivity contribution < 1.29 is 5.11 Å². The number of rotatable bonds is 8. The molecular weight excluding hydrogens is 378 g/mol. The first-order chi connectivity index (χ1) is 14.3. The molecule has 0 aliphatic carbocycles. The number of thiazole rings is 1. The number of aliphatic hydroxyl groups is 1. The van der Waals surface area contributed by atoms with Gasteiger partial charge in [-0.2, -0.15) is 0 Å². The lowest BCUT2D eigenvalue weighted by molar-refractivity contribution is 0.0562. The SMILES string of the molecule is OCC[C@H]1CN(Cc2nc(-c3ccccc3)cs2)CCN1CCc1ccccc1. The second-order valence-electron chi connectivity index (χ2n) is 7.67. The topological polar surface area (TPSA) is 39.6 Å². The Morgan fingerprint density at radius 3 is 2.52 bits per heavy atom. The fourth-order valence-electron chi connectivity index (χ4n) is 4.05. The fourth-order valence-corrected chi connectivity index (χ4v) is 4.90. The van der Waals surface area contributed by atoms with E-state index in [9.17, 15) is 5.11 Å². The van der Waals surface area contributed by atoms with Gasteiger partial charge < -0.3 is 5.11 Å². The highest BCUT2D eigenvalue weighted by molar-refractivity contribution is 7.09. The Hall–Kier alpha value is -2.05. The fraction of sp³-hybridized carbons (Fsp3) is 0.375. The highest BCUT2D eigenvalue weighted by atomic mass is 32.1. The second-order valence-corrected chi connectivity index (χ2v) is 8.61. The standard InChI is InChI=1S/C24H29N3OS/c28-16-12-22-17-26(14-15-27(22)13-11-20-7-3-1-4-8-20)18-24-25-23(19-29-24)21-9-5-2-6-10-21/h1-10,19,22,28H,11-18H2/t22-/m0/s1. The van der Waals surface area contributed by atoms with Crippen molar-refractivity contribution in [3.05, 3.63) is 76.6 Å². The van der Waals surface area contributed by atoms with E-state index < -0.39 is 0 Å². The summed E-state index contributed by atoms with van der Waals surface area (Å²) in [5, 5.41) is 12.9. The lowest BCUT2D eigenvalue weighted by Crippen LogP contribution is -2.53. The van der Waals surface area contributed by atoms with E-state index in [-0.39, 0.29) is 6.61 Å². The highest BCUT2D eigenvalue weighted by Gasteiger charge is 2.26. The molecule has 0 spiro atoms.